The summed E-state index contributed by atoms with van der Waals surface area (Å²) < 4.78 is 68.3. The molecule has 3 rings (SSSR count). The molecular formula is C20H16F3N3O4S. The van der Waals surface area contributed by atoms with Gasteiger partial charge in [-0.3, -0.25) is 14.5 Å². The van der Waals surface area contributed by atoms with Gasteiger partial charge in [-0.2, -0.15) is 13.2 Å². The van der Waals surface area contributed by atoms with Crippen molar-refractivity contribution in [2.24, 2.45) is 0 Å². The summed E-state index contributed by atoms with van der Waals surface area (Å²) >= 11 is 0. The minimum Gasteiger partial charge on any atom is -0.484 e. The number of hydrogen-bond acceptors (Lipinski definition) is 5. The maximum Gasteiger partial charge on any atom is 0.422 e. The molecule has 0 aliphatic heterocycles. The van der Waals surface area contributed by atoms with E-state index in [1.54, 1.807) is 0 Å². The number of pyridine rings is 1. The van der Waals surface area contributed by atoms with Gasteiger partial charge in [0.05, 0.1) is 10.6 Å². The molecular weight excluding hydrogens is 435 g/mol. The Kier molecular flexibility index (Phi) is 6.44. The average Bonchev–Trinajstić information content (AvgIpc) is 2.73. The molecule has 0 aliphatic carbocycles. The molecule has 0 saturated carbocycles. The zero-order valence-electron chi connectivity index (χ0n) is 15.8. The van der Waals surface area contributed by atoms with Crippen molar-refractivity contribution in [2.45, 2.75) is 11.1 Å². The Bertz CT molecular complexity index is 1140. The Labute approximate surface area is 175 Å². The summed E-state index contributed by atoms with van der Waals surface area (Å²) in [5, 5.41) is 2.57. The first-order valence-corrected chi connectivity index (χ1v) is 10.2. The smallest absolute Gasteiger partial charge is 0.422 e. The van der Waals surface area contributed by atoms with Crippen LogP contribution < -0.4 is 14.8 Å². The number of carbonyl (C=O) groups is 1. The number of alkyl halides is 3. The summed E-state index contributed by atoms with van der Waals surface area (Å²) in [4.78, 5) is 16.1. The van der Waals surface area contributed by atoms with Crippen LogP contribution in [-0.4, -0.2) is 32.1 Å². The number of carbonyl (C=O) groups excluding carboxylic acids is 1. The van der Waals surface area contributed by atoms with E-state index < -0.39 is 28.7 Å². The van der Waals surface area contributed by atoms with Gasteiger partial charge in [-0.1, -0.05) is 0 Å². The molecule has 1 heterocycles. The number of hydrogen-bond donors (Lipinski definition) is 2. The molecule has 0 fully saturated rings. The van der Waals surface area contributed by atoms with Crippen molar-refractivity contribution in [3.8, 4) is 5.75 Å². The number of nitrogens with one attached hydrogen (secondary N) is 2. The summed E-state index contributed by atoms with van der Waals surface area (Å²) in [6.45, 7) is -1.41. The molecule has 0 aliphatic rings. The molecule has 2 N–H and O–H groups in total. The number of benzene rings is 2. The highest BCUT2D eigenvalue weighted by atomic mass is 32.2. The number of anilines is 2. The van der Waals surface area contributed by atoms with Crippen LogP contribution in [0, 0.1) is 0 Å². The van der Waals surface area contributed by atoms with E-state index in [1.807, 2.05) is 0 Å². The number of halogens is 3. The highest BCUT2D eigenvalue weighted by Crippen LogP contribution is 2.21. The van der Waals surface area contributed by atoms with Gasteiger partial charge in [0, 0.05) is 23.6 Å². The molecule has 3 aromatic rings. The Morgan fingerprint density at radius 1 is 0.903 bits per heavy atom. The zero-order chi connectivity index (χ0) is 22.5. The molecule has 0 unspecified atom stereocenters. The van der Waals surface area contributed by atoms with Crippen molar-refractivity contribution in [1.82, 2.24) is 4.98 Å². The lowest BCUT2D eigenvalue weighted by Gasteiger charge is -2.11. The maximum atomic E-state index is 12.4. The average molecular weight is 451 g/mol. The normalized spacial score (nSPS) is 11.6. The van der Waals surface area contributed by atoms with Crippen molar-refractivity contribution < 1.29 is 31.1 Å². The molecule has 0 saturated heterocycles. The largest absolute Gasteiger partial charge is 0.484 e. The first kappa shape index (κ1) is 22.1. The van der Waals surface area contributed by atoms with Crippen LogP contribution in [0.1, 0.15) is 10.4 Å². The number of nitrogens with zero attached hydrogens (tertiary/aromatic N) is 1. The van der Waals surface area contributed by atoms with Gasteiger partial charge in [-0.25, -0.2) is 8.42 Å². The third kappa shape index (κ3) is 6.44. The second-order valence-corrected chi connectivity index (χ2v) is 7.93. The predicted molar refractivity (Wildman–Crippen MR) is 107 cm³/mol. The summed E-state index contributed by atoms with van der Waals surface area (Å²) in [6.07, 6.45) is -1.55. The van der Waals surface area contributed by atoms with Crippen LogP contribution in [0.2, 0.25) is 0 Å². The van der Waals surface area contributed by atoms with Gasteiger partial charge >= 0.3 is 6.18 Å². The lowest BCUT2D eigenvalue weighted by atomic mass is 10.2. The van der Waals surface area contributed by atoms with Gasteiger partial charge in [0.2, 0.25) is 0 Å². The van der Waals surface area contributed by atoms with Gasteiger partial charge in [0.15, 0.2) is 6.61 Å². The van der Waals surface area contributed by atoms with Crippen LogP contribution in [0.4, 0.5) is 24.5 Å². The van der Waals surface area contributed by atoms with Gasteiger partial charge in [0.25, 0.3) is 15.9 Å². The molecule has 31 heavy (non-hydrogen) atoms. The van der Waals surface area contributed by atoms with Gasteiger partial charge in [0.1, 0.15) is 5.75 Å². The molecule has 0 radical (unpaired) electrons. The van der Waals surface area contributed by atoms with Crippen LogP contribution >= 0.6 is 0 Å². The molecule has 1 amide bonds. The van der Waals surface area contributed by atoms with Crippen LogP contribution in [0.25, 0.3) is 0 Å². The van der Waals surface area contributed by atoms with Crippen molar-refractivity contribution >= 4 is 27.3 Å². The lowest BCUT2D eigenvalue weighted by Crippen LogP contribution is -2.19. The molecule has 7 nitrogen and oxygen atoms in total. The number of rotatable bonds is 7. The van der Waals surface area contributed by atoms with E-state index in [-0.39, 0.29) is 16.2 Å². The topological polar surface area (TPSA) is 97.4 Å². The summed E-state index contributed by atoms with van der Waals surface area (Å²) in [7, 11) is -3.84. The maximum absolute atomic E-state index is 12.4. The number of aromatic nitrogens is 1. The molecule has 162 valence electrons. The molecule has 2 aromatic carbocycles. The predicted octanol–water partition coefficient (Wildman–Crippen LogP) is 4.08. The third-order valence-electron chi connectivity index (χ3n) is 3.87. The van der Waals surface area contributed by atoms with E-state index >= 15 is 0 Å². The quantitative estimate of drug-likeness (QED) is 0.564. The Morgan fingerprint density at radius 2 is 1.52 bits per heavy atom. The first-order chi connectivity index (χ1) is 14.6. The Morgan fingerprint density at radius 3 is 2.10 bits per heavy atom. The number of sulfonamides is 1. The van der Waals surface area contributed by atoms with Gasteiger partial charge in [-0.05, 0) is 60.7 Å². The van der Waals surface area contributed by atoms with Crippen LogP contribution in [0.5, 0.6) is 5.75 Å². The van der Waals surface area contributed by atoms with E-state index in [0.29, 0.717) is 11.4 Å². The first-order valence-electron chi connectivity index (χ1n) is 8.76. The van der Waals surface area contributed by atoms with Gasteiger partial charge < -0.3 is 10.1 Å². The minimum atomic E-state index is -4.44. The van der Waals surface area contributed by atoms with E-state index in [4.69, 9.17) is 0 Å². The third-order valence-corrected chi connectivity index (χ3v) is 5.27. The summed E-state index contributed by atoms with van der Waals surface area (Å²) in [6, 6.07) is 13.6. The van der Waals surface area contributed by atoms with Crippen molar-refractivity contribution in [1.29, 1.82) is 0 Å². The fourth-order valence-corrected chi connectivity index (χ4v) is 3.48. The van der Waals surface area contributed by atoms with Crippen LogP contribution in [0.15, 0.2) is 78.0 Å². The Balaban J connectivity index is 1.62. The number of ether oxygens (including phenoxy) is 1. The van der Waals surface area contributed by atoms with Crippen molar-refractivity contribution in [2.75, 3.05) is 16.6 Å². The van der Waals surface area contributed by atoms with Crippen molar-refractivity contribution in [3.05, 3.63) is 78.6 Å². The van der Waals surface area contributed by atoms with Crippen LogP contribution in [0.3, 0.4) is 0 Å². The molecule has 0 atom stereocenters. The molecule has 1 aromatic heterocycles. The molecule has 0 bridgehead atoms. The van der Waals surface area contributed by atoms with E-state index in [1.165, 1.54) is 73.1 Å². The minimum absolute atomic E-state index is 0.00609. The highest BCUT2D eigenvalue weighted by molar-refractivity contribution is 7.92. The van der Waals surface area contributed by atoms with E-state index in [9.17, 15) is 26.4 Å². The van der Waals surface area contributed by atoms with Gasteiger partial charge in [-0.15, -0.1) is 0 Å². The zero-order valence-corrected chi connectivity index (χ0v) is 16.6. The highest BCUT2D eigenvalue weighted by Gasteiger charge is 2.28. The Hall–Kier alpha value is -3.60. The summed E-state index contributed by atoms with van der Waals surface area (Å²) in [5.41, 5.74) is 0.875. The fraction of sp³-hybridized carbons (Fsp3) is 0.100. The monoisotopic (exact) mass is 451 g/mol. The SMILES string of the molecule is O=C(Nc1ccc(OCC(F)(F)F)cc1)c1ccc(S(=O)(=O)Nc2ccncc2)cc1. The van der Waals surface area contributed by atoms with E-state index in [2.05, 4.69) is 19.8 Å². The van der Waals surface area contributed by atoms with Crippen molar-refractivity contribution in [3.63, 3.8) is 0 Å². The second-order valence-electron chi connectivity index (χ2n) is 6.25. The van der Waals surface area contributed by atoms with E-state index in [0.717, 1.165) is 0 Å². The molecule has 0 spiro atoms. The number of amides is 1. The fourth-order valence-electron chi connectivity index (χ4n) is 2.42. The second kappa shape index (κ2) is 9.04. The van der Waals surface area contributed by atoms with Crippen LogP contribution in [-0.2, 0) is 10.0 Å². The lowest BCUT2D eigenvalue weighted by molar-refractivity contribution is -0.153. The summed E-state index contributed by atoms with van der Waals surface area (Å²) in [5.74, 6) is -0.512. The standard InChI is InChI=1S/C20H16F3N3O4S/c21-20(22,23)13-30-17-5-3-15(4-6-17)25-19(27)14-1-7-18(8-2-14)31(28,29)26-16-9-11-24-12-10-16/h1-12H,13H2,(H,24,26)(H,25,27). The molecule has 11 heteroatoms.